The number of phosphoric acid groups is 1. The zero-order valence-corrected chi connectivity index (χ0v) is 45.1. The van der Waals surface area contributed by atoms with Crippen LogP contribution in [0.3, 0.4) is 0 Å². The Morgan fingerprint density at radius 2 is 1.37 bits per heavy atom. The average molecular weight is 1130 g/mol. The van der Waals surface area contributed by atoms with E-state index in [1.807, 2.05) is 0 Å². The molecule has 4 rings (SSSR count). The van der Waals surface area contributed by atoms with Gasteiger partial charge in [0.15, 0.2) is 5.96 Å². The van der Waals surface area contributed by atoms with Gasteiger partial charge in [0.05, 0.1) is 18.8 Å². The van der Waals surface area contributed by atoms with E-state index in [9.17, 15) is 67.7 Å². The van der Waals surface area contributed by atoms with Crippen LogP contribution in [0, 0.1) is 11.8 Å². The van der Waals surface area contributed by atoms with Crippen molar-refractivity contribution in [2.24, 2.45) is 34.0 Å². The predicted molar refractivity (Wildman–Crippen MR) is 284 cm³/mol. The highest BCUT2D eigenvalue weighted by atomic mass is 31.2. The third kappa shape index (κ3) is 20.7. The van der Waals surface area contributed by atoms with Crippen LogP contribution in [0.1, 0.15) is 83.0 Å². The Balaban J connectivity index is 1.64. The molecule has 1 fully saturated rings. The van der Waals surface area contributed by atoms with Crippen molar-refractivity contribution in [3.05, 3.63) is 83.9 Å². The molecule has 1 aromatic heterocycles. The number of carboxylic acid groups (broad SMARTS) is 2. The fourth-order valence-corrected chi connectivity index (χ4v) is 8.90. The molecule has 432 valence electrons. The number of carbonyl (C=O) groups is 9. The fraction of sp³-hybridized carbons (Fsp3) is 0.500. The summed E-state index contributed by atoms with van der Waals surface area (Å²) in [5.41, 5.74) is 18.0. The van der Waals surface area contributed by atoms with Gasteiger partial charge in [-0.1, -0.05) is 76.6 Å². The number of imidazole rings is 1. The highest BCUT2D eigenvalue weighted by molar-refractivity contribution is 7.46. The van der Waals surface area contributed by atoms with E-state index in [-0.39, 0.29) is 63.3 Å². The van der Waals surface area contributed by atoms with Gasteiger partial charge in [0.2, 0.25) is 41.4 Å². The molecule has 0 unspecified atom stereocenters. The van der Waals surface area contributed by atoms with E-state index < -0.39 is 128 Å². The second-order valence-electron chi connectivity index (χ2n) is 19.4. The van der Waals surface area contributed by atoms with Crippen LogP contribution in [0.5, 0.6) is 5.75 Å². The number of nitrogens with zero attached hydrogens (tertiary/aromatic N) is 3. The number of aliphatic imine (C=N–C) groups is 1. The van der Waals surface area contributed by atoms with E-state index in [0.717, 1.165) is 0 Å². The van der Waals surface area contributed by atoms with Gasteiger partial charge in [-0.05, 0) is 60.8 Å². The van der Waals surface area contributed by atoms with Crippen LogP contribution in [0.25, 0.3) is 0 Å². The Labute approximate surface area is 455 Å². The van der Waals surface area contributed by atoms with Crippen LogP contribution in [0.15, 0.2) is 72.1 Å². The number of likely N-dealkylation sites (tertiary alicyclic amines) is 1. The van der Waals surface area contributed by atoms with Gasteiger partial charge in [-0.15, -0.1) is 0 Å². The van der Waals surface area contributed by atoms with Gasteiger partial charge in [-0.25, -0.2) is 14.3 Å². The van der Waals surface area contributed by atoms with E-state index in [0.29, 0.717) is 29.7 Å². The lowest BCUT2D eigenvalue weighted by molar-refractivity contribution is -0.145. The molecule has 9 atom stereocenters. The van der Waals surface area contributed by atoms with Crippen LogP contribution < -0.4 is 53.6 Å². The lowest BCUT2D eigenvalue weighted by Gasteiger charge is -2.32. The number of nitrogens with two attached hydrogens (primary N) is 3. The molecule has 17 N–H and O–H groups in total. The van der Waals surface area contributed by atoms with Gasteiger partial charge in [-0.2, -0.15) is 0 Å². The lowest BCUT2D eigenvalue weighted by atomic mass is 9.96. The number of nitrogens with one attached hydrogen (secondary N) is 7. The predicted octanol–water partition coefficient (Wildman–Crippen LogP) is -1.55. The Hall–Kier alpha value is -7.94. The topological polar surface area (TPSA) is 455 Å². The van der Waals surface area contributed by atoms with Crippen LogP contribution in [0.4, 0.5) is 0 Å². The van der Waals surface area contributed by atoms with Crippen molar-refractivity contribution in [1.29, 1.82) is 0 Å². The van der Waals surface area contributed by atoms with Crippen molar-refractivity contribution in [1.82, 2.24) is 46.8 Å². The SMILES string of the molecule is CC[C@H](C)[C@H](NC(=O)[C@H](Cc1ccc(OP(=O)(O)O)cc1)NC(=O)[C@@H](NC(=O)[C@H](CCCN=C(N)N)NC(=O)[C@@H](N)CC(=O)O)C(C)C)C(=O)N[C@@H](Cc1cnc[nH]1)C(=O)N1CCC[C@H]1C(=O)N[C@@H](Cc1ccccc1)C(=O)O. The van der Waals surface area contributed by atoms with Crippen LogP contribution in [0.2, 0.25) is 0 Å². The first-order valence-corrected chi connectivity index (χ1v) is 27.0. The molecule has 0 spiro atoms. The molecule has 29 heteroatoms. The van der Waals surface area contributed by atoms with E-state index in [4.69, 9.17) is 17.2 Å². The number of amides is 7. The standard InChI is InChI=1S/C50H72N13O15P/c1-5-28(4)41(47(71)59-36(23-31-25-54-26-56-31)48(72)63-20-10-14-38(63)45(69)60-37(49(73)74)22-29-11-7-6-8-12-29)62-44(68)35(21-30-15-17-32(18-16-30)78-79(75,76)77)58-46(70)40(27(2)3)61-43(67)34(13-9-19-55-50(52)53)57-42(66)33(51)24-39(64)65/h6-8,11-12,15-18,25-28,33-38,40-41H,5,9-10,13-14,19-24,51H2,1-4H3,(H,54,56)(H,57,66)(H,58,70)(H,59,71)(H,60,69)(H,61,67)(H,62,68)(H,64,65)(H,73,74)(H4,52,53,55)(H2,75,76,77)/t28-,33-,34-,35-,36-,37-,38-,40-,41-/m0/s1. The molecule has 1 aliphatic rings. The minimum absolute atomic E-state index is 0.0242. The third-order valence-corrected chi connectivity index (χ3v) is 13.3. The van der Waals surface area contributed by atoms with Gasteiger partial charge in [0.1, 0.15) is 48.0 Å². The molecule has 0 radical (unpaired) electrons. The Kier molecular flexibility index (Phi) is 24.4. The first-order valence-electron chi connectivity index (χ1n) is 25.5. The monoisotopic (exact) mass is 1130 g/mol. The highest BCUT2D eigenvalue weighted by Crippen LogP contribution is 2.37. The minimum atomic E-state index is -4.97. The molecule has 0 bridgehead atoms. The number of phosphoric ester groups is 1. The zero-order chi connectivity index (χ0) is 58.6. The van der Waals surface area contributed by atoms with Crippen molar-refractivity contribution in [2.75, 3.05) is 13.1 Å². The molecule has 1 saturated heterocycles. The van der Waals surface area contributed by atoms with Crippen molar-refractivity contribution in [3.63, 3.8) is 0 Å². The zero-order valence-electron chi connectivity index (χ0n) is 44.2. The fourth-order valence-electron chi connectivity index (χ4n) is 8.51. The third-order valence-electron chi connectivity index (χ3n) is 12.9. The smallest absolute Gasteiger partial charge is 0.481 e. The summed E-state index contributed by atoms with van der Waals surface area (Å²) in [5, 5.41) is 34.9. The van der Waals surface area contributed by atoms with Crippen LogP contribution in [-0.4, -0.2) is 156 Å². The average Bonchev–Trinajstić information content (AvgIpc) is 4.11. The van der Waals surface area contributed by atoms with Crippen molar-refractivity contribution < 1.29 is 72.2 Å². The maximum absolute atomic E-state index is 14.7. The molecular weight excluding hydrogens is 1050 g/mol. The number of aromatic nitrogens is 2. The molecule has 3 aromatic rings. The number of H-pyrrole nitrogens is 1. The van der Waals surface area contributed by atoms with Gasteiger partial charge in [-0.3, -0.25) is 53.1 Å². The molecule has 2 aromatic carbocycles. The molecular formula is C50H72N13O15P. The number of hydrogen-bond donors (Lipinski definition) is 14. The second-order valence-corrected chi connectivity index (χ2v) is 20.6. The van der Waals surface area contributed by atoms with E-state index in [1.165, 1.54) is 41.7 Å². The molecule has 0 aliphatic carbocycles. The molecule has 2 heterocycles. The van der Waals surface area contributed by atoms with Gasteiger partial charge in [0.25, 0.3) is 0 Å². The maximum atomic E-state index is 14.7. The summed E-state index contributed by atoms with van der Waals surface area (Å²) in [7, 11) is -4.97. The number of rotatable bonds is 31. The number of benzene rings is 2. The number of aromatic amines is 1. The van der Waals surface area contributed by atoms with Gasteiger partial charge >= 0.3 is 19.8 Å². The normalized spacial score (nSPS) is 16.3. The van der Waals surface area contributed by atoms with Crippen molar-refractivity contribution in [3.8, 4) is 5.75 Å². The Morgan fingerprint density at radius 3 is 1.95 bits per heavy atom. The summed E-state index contributed by atoms with van der Waals surface area (Å²) in [6.07, 6.45) is 2.45. The lowest BCUT2D eigenvalue weighted by Crippen LogP contribution is -2.62. The number of hydrogen-bond acceptors (Lipinski definition) is 14. The molecule has 28 nitrogen and oxygen atoms in total. The molecule has 79 heavy (non-hydrogen) atoms. The summed E-state index contributed by atoms with van der Waals surface area (Å²) in [5.74, 6) is -10.4. The molecule has 0 saturated carbocycles. The summed E-state index contributed by atoms with van der Waals surface area (Å²) in [6.45, 7) is 6.68. The van der Waals surface area contributed by atoms with Gasteiger partial charge < -0.3 is 73.7 Å². The van der Waals surface area contributed by atoms with Gasteiger partial charge in [0, 0.05) is 44.2 Å². The number of carboxylic acids is 2. The van der Waals surface area contributed by atoms with Crippen LogP contribution in [-0.2, 0) is 67.0 Å². The summed E-state index contributed by atoms with van der Waals surface area (Å²) in [6, 6.07) is 2.77. The first kappa shape index (κ1) is 63.6. The Bertz CT molecular complexity index is 2650. The van der Waals surface area contributed by atoms with Crippen LogP contribution >= 0.6 is 7.82 Å². The van der Waals surface area contributed by atoms with Crippen molar-refractivity contribution in [2.45, 2.75) is 134 Å². The van der Waals surface area contributed by atoms with E-state index in [1.54, 1.807) is 58.0 Å². The first-order chi connectivity index (χ1) is 37.3. The number of guanidine groups is 1. The molecule has 1 aliphatic heterocycles. The summed E-state index contributed by atoms with van der Waals surface area (Å²) < 4.78 is 16.2. The largest absolute Gasteiger partial charge is 0.524 e. The van der Waals surface area contributed by atoms with E-state index in [2.05, 4.69) is 51.4 Å². The minimum Gasteiger partial charge on any atom is -0.481 e. The number of carbonyl (C=O) groups excluding carboxylic acids is 7. The summed E-state index contributed by atoms with van der Waals surface area (Å²) in [4.78, 5) is 153. The number of aliphatic carboxylic acids is 2. The Morgan fingerprint density at radius 1 is 0.772 bits per heavy atom. The quantitative estimate of drug-likeness (QED) is 0.0150. The second kappa shape index (κ2) is 30.3. The van der Waals surface area contributed by atoms with E-state index >= 15 is 0 Å². The molecule has 7 amide bonds. The van der Waals surface area contributed by atoms with Crippen molar-refractivity contribution >= 4 is 67.1 Å². The maximum Gasteiger partial charge on any atom is 0.524 e. The highest BCUT2D eigenvalue weighted by Gasteiger charge is 2.41. The summed E-state index contributed by atoms with van der Waals surface area (Å²) >= 11 is 0.